The second kappa shape index (κ2) is 19.2. The van der Waals surface area contributed by atoms with Gasteiger partial charge in [-0.2, -0.15) is 0 Å². The van der Waals surface area contributed by atoms with Gasteiger partial charge in [-0.05, 0) is 74.3 Å². The van der Waals surface area contributed by atoms with Crippen LogP contribution in [0, 0.1) is 0 Å². The van der Waals surface area contributed by atoms with Crippen molar-refractivity contribution in [2.45, 2.75) is 94.4 Å². The predicted molar refractivity (Wildman–Crippen MR) is 206 cm³/mol. The predicted octanol–water partition coefficient (Wildman–Crippen LogP) is -0.737. The van der Waals surface area contributed by atoms with E-state index in [1.54, 1.807) is 18.2 Å². The number of carbonyl (C=O) groups excluding carboxylic acids is 9. The van der Waals surface area contributed by atoms with E-state index in [0.29, 0.717) is 24.0 Å². The minimum atomic E-state index is -1.56. The zero-order valence-corrected chi connectivity index (χ0v) is 32.3. The van der Waals surface area contributed by atoms with Crippen LogP contribution in [0.2, 0.25) is 0 Å². The molecule has 0 bridgehead atoms. The zero-order valence-electron chi connectivity index (χ0n) is 32.3. The molecule has 2 heterocycles. The molecule has 0 radical (unpaired) electrons. The van der Waals surface area contributed by atoms with Gasteiger partial charge in [0.2, 0.25) is 47.0 Å². The standard InChI is InChI=1S/C40H45N7O13/c41-30(48)14-11-25(43-35(54)20-9-10-23-24(19-20)21-5-1-2-6-22(21)33(52)34(23)53)36(55)44-27(13-16-32(50)51)38(57)46-17-3-7-28(46)37(56)45-26(12-15-31(42)49)39(58)47-18-4-8-29(47)40(59)60/h1-2,5-6,9-10,19,25-29H,3-4,7-8,11-18H2,(H2,41,48)(H2,42,49)(H,43,54)(H,44,55)(H,45,56)(H,50,51)(H,59,60)/t25-,26-,27-,28-,29-/m0/s1. The van der Waals surface area contributed by atoms with E-state index in [1.165, 1.54) is 24.3 Å². The molecule has 2 aromatic carbocycles. The van der Waals surface area contributed by atoms with Gasteiger partial charge in [0, 0.05) is 49.0 Å². The van der Waals surface area contributed by atoms with Gasteiger partial charge in [0.1, 0.15) is 30.2 Å². The van der Waals surface area contributed by atoms with Crippen LogP contribution in [0.3, 0.4) is 0 Å². The largest absolute Gasteiger partial charge is 0.481 e. The van der Waals surface area contributed by atoms with Gasteiger partial charge in [0.25, 0.3) is 5.91 Å². The number of amides is 7. The van der Waals surface area contributed by atoms with Crippen molar-refractivity contribution in [2.75, 3.05) is 13.1 Å². The lowest BCUT2D eigenvalue weighted by Crippen LogP contribution is -2.58. The molecule has 318 valence electrons. The molecular weight excluding hydrogens is 786 g/mol. The maximum Gasteiger partial charge on any atom is 0.326 e. The van der Waals surface area contributed by atoms with Crippen LogP contribution in [0.25, 0.3) is 11.1 Å². The fraction of sp³-hybridized carbons (Fsp3) is 0.425. The summed E-state index contributed by atoms with van der Waals surface area (Å²) in [6, 6.07) is 3.47. The van der Waals surface area contributed by atoms with E-state index in [0.717, 1.165) is 9.80 Å². The molecule has 60 heavy (non-hydrogen) atoms. The molecule has 2 fully saturated rings. The van der Waals surface area contributed by atoms with E-state index in [4.69, 9.17) is 11.5 Å². The summed E-state index contributed by atoms with van der Waals surface area (Å²) in [5, 5.41) is 26.6. The fourth-order valence-corrected chi connectivity index (χ4v) is 7.66. The number of carboxylic acid groups (broad SMARTS) is 2. The molecule has 0 unspecified atom stereocenters. The van der Waals surface area contributed by atoms with Crippen molar-refractivity contribution < 1.29 is 63.0 Å². The van der Waals surface area contributed by atoms with Crippen molar-refractivity contribution in [1.29, 1.82) is 0 Å². The number of ketones is 2. The molecule has 5 rings (SSSR count). The summed E-state index contributed by atoms with van der Waals surface area (Å²) in [7, 11) is 0. The summed E-state index contributed by atoms with van der Waals surface area (Å²) in [6.07, 6.45) is -1.41. The molecular formula is C40H45N7O13. The molecule has 9 N–H and O–H groups in total. The molecule has 0 spiro atoms. The third kappa shape index (κ3) is 10.2. The number of nitrogens with one attached hydrogen (secondary N) is 3. The van der Waals surface area contributed by atoms with Crippen molar-refractivity contribution >= 4 is 64.9 Å². The smallest absolute Gasteiger partial charge is 0.326 e. The quantitative estimate of drug-likeness (QED) is 0.0912. The number of fused-ring (bicyclic) bond motifs is 3. The maximum atomic E-state index is 14.1. The van der Waals surface area contributed by atoms with Crippen molar-refractivity contribution in [1.82, 2.24) is 25.8 Å². The molecule has 0 saturated carbocycles. The monoisotopic (exact) mass is 831 g/mol. The summed E-state index contributed by atoms with van der Waals surface area (Å²) < 4.78 is 0. The third-order valence-electron chi connectivity index (χ3n) is 10.7. The average molecular weight is 832 g/mol. The minimum Gasteiger partial charge on any atom is -0.481 e. The van der Waals surface area contributed by atoms with Crippen LogP contribution in [-0.2, 0) is 38.4 Å². The molecule has 0 aromatic heterocycles. The van der Waals surface area contributed by atoms with E-state index < -0.39 is 114 Å². The number of benzene rings is 2. The average Bonchev–Trinajstić information content (AvgIpc) is 3.92. The van der Waals surface area contributed by atoms with E-state index in [-0.39, 0.29) is 61.9 Å². The lowest BCUT2D eigenvalue weighted by Gasteiger charge is -2.31. The van der Waals surface area contributed by atoms with Gasteiger partial charge in [0.15, 0.2) is 0 Å². The van der Waals surface area contributed by atoms with Crippen LogP contribution in [0.1, 0.15) is 95.3 Å². The highest BCUT2D eigenvalue weighted by atomic mass is 16.4. The molecule has 20 heteroatoms. The Bertz CT molecular complexity index is 2140. The molecule has 2 aromatic rings. The van der Waals surface area contributed by atoms with Crippen LogP contribution in [0.5, 0.6) is 0 Å². The first kappa shape index (κ1) is 44.1. The maximum absolute atomic E-state index is 14.1. The third-order valence-corrected chi connectivity index (χ3v) is 10.7. The zero-order chi connectivity index (χ0) is 43.8. The van der Waals surface area contributed by atoms with E-state index in [2.05, 4.69) is 16.0 Å². The Morgan fingerprint density at radius 2 is 1.15 bits per heavy atom. The highest BCUT2D eigenvalue weighted by molar-refractivity contribution is 6.53. The number of nitrogens with two attached hydrogens (primary N) is 2. The molecule has 3 aliphatic rings. The minimum absolute atomic E-state index is 0.0130. The molecule has 2 saturated heterocycles. The first-order chi connectivity index (χ1) is 28.5. The Morgan fingerprint density at radius 3 is 1.73 bits per heavy atom. The first-order valence-corrected chi connectivity index (χ1v) is 19.3. The second-order valence-electron chi connectivity index (χ2n) is 14.8. The Labute approximate surface area is 342 Å². The Balaban J connectivity index is 1.34. The van der Waals surface area contributed by atoms with E-state index in [1.807, 2.05) is 0 Å². The number of carbonyl (C=O) groups is 11. The van der Waals surface area contributed by atoms with Gasteiger partial charge in [-0.15, -0.1) is 0 Å². The number of aliphatic carboxylic acids is 2. The van der Waals surface area contributed by atoms with Crippen molar-refractivity contribution in [3.63, 3.8) is 0 Å². The lowest BCUT2D eigenvalue weighted by molar-refractivity contribution is -0.150. The van der Waals surface area contributed by atoms with E-state index in [9.17, 15) is 63.0 Å². The summed E-state index contributed by atoms with van der Waals surface area (Å²) in [4.78, 5) is 143. The highest BCUT2D eigenvalue weighted by Crippen LogP contribution is 2.34. The lowest BCUT2D eigenvalue weighted by atomic mass is 9.83. The first-order valence-electron chi connectivity index (χ1n) is 19.3. The number of Topliss-reactive ketones (excluding diaryl/α,β-unsaturated/α-hetero) is 2. The van der Waals surface area contributed by atoms with Gasteiger partial charge in [-0.3, -0.25) is 47.9 Å². The van der Waals surface area contributed by atoms with Crippen molar-refractivity contribution in [3.05, 3.63) is 59.2 Å². The highest BCUT2D eigenvalue weighted by Gasteiger charge is 2.42. The topological polar surface area (TPSA) is 323 Å². The van der Waals surface area contributed by atoms with Gasteiger partial charge < -0.3 is 47.4 Å². The Hall–Kier alpha value is -6.99. The number of nitrogens with zero attached hydrogens (tertiary/aromatic N) is 2. The van der Waals surface area contributed by atoms with Gasteiger partial charge in [0.05, 0.1) is 0 Å². The molecule has 7 amide bonds. The number of hydrogen-bond donors (Lipinski definition) is 7. The Morgan fingerprint density at radius 1 is 0.633 bits per heavy atom. The second-order valence-corrected chi connectivity index (χ2v) is 14.8. The molecule has 2 aliphatic heterocycles. The SMILES string of the molecule is NC(=O)CC[C@H](NC(=O)c1ccc2c(c1)-c1ccccc1C(=O)C2=O)C(=O)N[C@@H](CCC(=O)O)C(=O)N1CCC[C@H]1C(=O)N[C@@H](CCC(N)=O)C(=O)N1CCC[C@H]1C(=O)O. The van der Waals surface area contributed by atoms with Crippen molar-refractivity contribution in [3.8, 4) is 11.1 Å². The molecule has 1 aliphatic carbocycles. The van der Waals surface area contributed by atoms with Gasteiger partial charge in [-0.25, -0.2) is 4.79 Å². The van der Waals surface area contributed by atoms with Crippen LogP contribution in [0.4, 0.5) is 0 Å². The van der Waals surface area contributed by atoms with Crippen LogP contribution < -0.4 is 27.4 Å². The van der Waals surface area contributed by atoms with Crippen LogP contribution >= 0.6 is 0 Å². The van der Waals surface area contributed by atoms with Crippen molar-refractivity contribution in [2.24, 2.45) is 11.5 Å². The van der Waals surface area contributed by atoms with E-state index >= 15 is 0 Å². The number of primary amides is 2. The van der Waals surface area contributed by atoms with Crippen LogP contribution in [0.15, 0.2) is 42.5 Å². The molecule has 20 nitrogen and oxygen atoms in total. The van der Waals surface area contributed by atoms with Gasteiger partial charge >= 0.3 is 11.9 Å². The summed E-state index contributed by atoms with van der Waals surface area (Å²) in [5.74, 6) is -9.88. The summed E-state index contributed by atoms with van der Waals surface area (Å²) in [5.41, 5.74) is 11.5. The summed E-state index contributed by atoms with van der Waals surface area (Å²) in [6.45, 7) is 0.0878. The van der Waals surface area contributed by atoms with Crippen LogP contribution in [-0.4, -0.2) is 128 Å². The number of carboxylic acids is 2. The fourth-order valence-electron chi connectivity index (χ4n) is 7.66. The molecule has 5 atom stereocenters. The number of likely N-dealkylation sites (tertiary alicyclic amines) is 2. The summed E-state index contributed by atoms with van der Waals surface area (Å²) >= 11 is 0. The number of rotatable bonds is 18. The van der Waals surface area contributed by atoms with Gasteiger partial charge in [-0.1, -0.05) is 24.3 Å². The number of hydrogen-bond acceptors (Lipinski definition) is 11. The Kier molecular flexibility index (Phi) is 14.1. The normalized spacial score (nSPS) is 18.3.